The van der Waals surface area contributed by atoms with Crippen molar-refractivity contribution >= 4 is 17.3 Å². The highest BCUT2D eigenvalue weighted by molar-refractivity contribution is 6.09. The van der Waals surface area contributed by atoms with Gasteiger partial charge >= 0.3 is 0 Å². The van der Waals surface area contributed by atoms with Gasteiger partial charge in [-0.1, -0.05) is 61.5 Å². The fourth-order valence-electron chi connectivity index (χ4n) is 3.23. The second-order valence-electron chi connectivity index (χ2n) is 6.57. The molecule has 0 aliphatic heterocycles. The average Bonchev–Trinajstić information content (AvgIpc) is 2.59. The first kappa shape index (κ1) is 16.3. The Morgan fingerprint density at radius 1 is 0.875 bits per heavy atom. The minimum Gasteiger partial charge on any atom is -0.299 e. The van der Waals surface area contributed by atoms with Crippen molar-refractivity contribution in [3.05, 3.63) is 60.2 Å². The van der Waals surface area contributed by atoms with Crippen molar-refractivity contribution in [1.29, 1.82) is 0 Å². The third kappa shape index (κ3) is 3.51. The molecule has 2 aromatic rings. The molecule has 24 heavy (non-hydrogen) atoms. The van der Waals surface area contributed by atoms with E-state index in [1.54, 1.807) is 12.1 Å². The first-order valence-electron chi connectivity index (χ1n) is 8.28. The number of carbonyl (C=O) groups is 3. The van der Waals surface area contributed by atoms with Crippen LogP contribution in [-0.4, -0.2) is 17.3 Å². The van der Waals surface area contributed by atoms with Gasteiger partial charge < -0.3 is 0 Å². The van der Waals surface area contributed by atoms with Gasteiger partial charge in [-0.15, -0.1) is 0 Å². The maximum atomic E-state index is 12.4. The summed E-state index contributed by atoms with van der Waals surface area (Å²) in [4.78, 5) is 36.5. The quantitative estimate of drug-likeness (QED) is 0.629. The molecule has 0 N–H and O–H groups in total. The molecule has 0 saturated heterocycles. The minimum atomic E-state index is -0.748. The number of Topliss-reactive ketones (excluding diaryl/α,β-unsaturated/α-hetero) is 3. The van der Waals surface area contributed by atoms with Crippen molar-refractivity contribution in [3.8, 4) is 11.1 Å². The zero-order valence-electron chi connectivity index (χ0n) is 13.7. The Kier molecular flexibility index (Phi) is 4.70. The van der Waals surface area contributed by atoms with Crippen LogP contribution in [0.2, 0.25) is 0 Å². The summed E-state index contributed by atoms with van der Waals surface area (Å²) < 4.78 is 0. The van der Waals surface area contributed by atoms with E-state index in [0.29, 0.717) is 18.4 Å². The molecule has 0 bridgehead atoms. The molecule has 3 rings (SSSR count). The van der Waals surface area contributed by atoms with Crippen LogP contribution in [0.25, 0.3) is 11.1 Å². The topological polar surface area (TPSA) is 51.2 Å². The molecule has 0 unspecified atom stereocenters. The van der Waals surface area contributed by atoms with Gasteiger partial charge in [0.05, 0.1) is 5.92 Å². The van der Waals surface area contributed by atoms with Crippen molar-refractivity contribution in [2.45, 2.75) is 26.2 Å². The van der Waals surface area contributed by atoms with Gasteiger partial charge in [0.2, 0.25) is 0 Å². The first-order chi connectivity index (χ1) is 11.5. The monoisotopic (exact) mass is 320 g/mol. The van der Waals surface area contributed by atoms with Crippen molar-refractivity contribution in [2.24, 2.45) is 11.8 Å². The van der Waals surface area contributed by atoms with Crippen molar-refractivity contribution in [2.75, 3.05) is 0 Å². The molecule has 0 heterocycles. The Bertz CT molecular complexity index is 741. The van der Waals surface area contributed by atoms with Gasteiger partial charge in [-0.3, -0.25) is 14.4 Å². The Morgan fingerprint density at radius 3 is 2.00 bits per heavy atom. The van der Waals surface area contributed by atoms with Crippen LogP contribution in [0.5, 0.6) is 0 Å². The lowest BCUT2D eigenvalue weighted by Crippen LogP contribution is -2.34. The summed E-state index contributed by atoms with van der Waals surface area (Å²) in [5, 5.41) is 0. The highest BCUT2D eigenvalue weighted by Crippen LogP contribution is 2.26. The van der Waals surface area contributed by atoms with Crippen LogP contribution in [-0.2, 0) is 9.59 Å². The van der Waals surface area contributed by atoms with Crippen molar-refractivity contribution < 1.29 is 14.4 Å². The molecule has 0 spiro atoms. The molecule has 122 valence electrons. The minimum absolute atomic E-state index is 0.00489. The fraction of sp³-hybridized carbons (Fsp3) is 0.286. The second kappa shape index (κ2) is 6.91. The van der Waals surface area contributed by atoms with Gasteiger partial charge in [0.15, 0.2) is 5.78 Å². The molecule has 1 saturated carbocycles. The van der Waals surface area contributed by atoms with Gasteiger partial charge in [0.25, 0.3) is 0 Å². The standard InChI is InChI=1S/C21H20O3/c1-14-11-20(23)18(21(24)12-14)13-19(22)17-9-7-16(8-10-17)15-5-3-2-4-6-15/h2-10,14,18H,11-13H2,1H3. The van der Waals surface area contributed by atoms with E-state index in [0.717, 1.165) is 11.1 Å². The number of rotatable bonds is 4. The molecule has 0 amide bonds. The first-order valence-corrected chi connectivity index (χ1v) is 8.28. The zero-order valence-corrected chi connectivity index (χ0v) is 13.7. The SMILES string of the molecule is CC1CC(=O)C(CC(=O)c2ccc(-c3ccccc3)cc2)C(=O)C1. The molecular weight excluding hydrogens is 300 g/mol. The summed E-state index contributed by atoms with van der Waals surface area (Å²) >= 11 is 0. The Morgan fingerprint density at radius 2 is 1.42 bits per heavy atom. The molecule has 0 aromatic heterocycles. The van der Waals surface area contributed by atoms with Crippen molar-refractivity contribution in [1.82, 2.24) is 0 Å². The number of carbonyl (C=O) groups excluding carboxylic acids is 3. The van der Waals surface area contributed by atoms with E-state index in [9.17, 15) is 14.4 Å². The number of hydrogen-bond donors (Lipinski definition) is 0. The lowest BCUT2D eigenvalue weighted by Gasteiger charge is -2.23. The van der Waals surface area contributed by atoms with Crippen molar-refractivity contribution in [3.63, 3.8) is 0 Å². The Hall–Kier alpha value is -2.55. The summed E-state index contributed by atoms with van der Waals surface area (Å²) in [6.07, 6.45) is 0.794. The van der Waals surface area contributed by atoms with Crippen LogP contribution in [0.4, 0.5) is 0 Å². The predicted molar refractivity (Wildman–Crippen MR) is 92.7 cm³/mol. The third-order valence-corrected chi connectivity index (χ3v) is 4.58. The van der Waals surface area contributed by atoms with E-state index in [-0.39, 0.29) is 29.7 Å². The van der Waals surface area contributed by atoms with E-state index in [4.69, 9.17) is 0 Å². The predicted octanol–water partition coefficient (Wildman–Crippen LogP) is 4.11. The maximum Gasteiger partial charge on any atom is 0.164 e. The number of benzene rings is 2. The molecule has 1 fully saturated rings. The summed E-state index contributed by atoms with van der Waals surface area (Å²) in [6, 6.07) is 17.3. The van der Waals surface area contributed by atoms with Crippen LogP contribution in [0.1, 0.15) is 36.5 Å². The largest absolute Gasteiger partial charge is 0.299 e. The fourth-order valence-corrected chi connectivity index (χ4v) is 3.23. The lowest BCUT2D eigenvalue weighted by molar-refractivity contribution is -0.137. The molecule has 2 aromatic carbocycles. The van der Waals surface area contributed by atoms with Crippen LogP contribution in [0.15, 0.2) is 54.6 Å². The van der Waals surface area contributed by atoms with E-state index < -0.39 is 5.92 Å². The lowest BCUT2D eigenvalue weighted by atomic mass is 9.78. The molecule has 0 atom stereocenters. The van der Waals surface area contributed by atoms with Crippen LogP contribution in [0.3, 0.4) is 0 Å². The molecular formula is C21H20O3. The average molecular weight is 320 g/mol. The van der Waals surface area contributed by atoms with Crippen LogP contribution >= 0.6 is 0 Å². The number of hydrogen-bond acceptors (Lipinski definition) is 3. The van der Waals surface area contributed by atoms with E-state index >= 15 is 0 Å². The van der Waals surface area contributed by atoms with Crippen LogP contribution < -0.4 is 0 Å². The van der Waals surface area contributed by atoms with E-state index in [2.05, 4.69) is 0 Å². The van der Waals surface area contributed by atoms with Crippen LogP contribution in [0, 0.1) is 11.8 Å². The summed E-state index contributed by atoms with van der Waals surface area (Å²) in [7, 11) is 0. The summed E-state index contributed by atoms with van der Waals surface area (Å²) in [5.74, 6) is -0.971. The highest BCUT2D eigenvalue weighted by Gasteiger charge is 2.34. The molecule has 0 radical (unpaired) electrons. The molecule has 1 aliphatic carbocycles. The van der Waals surface area contributed by atoms with Gasteiger partial charge in [0, 0.05) is 24.8 Å². The Balaban J connectivity index is 1.72. The second-order valence-corrected chi connectivity index (χ2v) is 6.57. The summed E-state index contributed by atoms with van der Waals surface area (Å²) in [5.41, 5.74) is 2.67. The normalized spacial score (nSPS) is 20.9. The number of ketones is 3. The zero-order chi connectivity index (χ0) is 17.1. The van der Waals surface area contributed by atoms with Gasteiger partial charge in [-0.05, 0) is 17.0 Å². The molecule has 1 aliphatic rings. The molecule has 3 nitrogen and oxygen atoms in total. The third-order valence-electron chi connectivity index (χ3n) is 4.58. The van der Waals surface area contributed by atoms with Gasteiger partial charge in [0.1, 0.15) is 11.6 Å². The summed E-state index contributed by atoms with van der Waals surface area (Å²) in [6.45, 7) is 1.90. The Labute approximate surface area is 141 Å². The molecule has 3 heteroatoms. The highest BCUT2D eigenvalue weighted by atomic mass is 16.2. The maximum absolute atomic E-state index is 12.4. The van der Waals surface area contributed by atoms with E-state index in [1.807, 2.05) is 49.4 Å². The van der Waals surface area contributed by atoms with Gasteiger partial charge in [-0.2, -0.15) is 0 Å². The van der Waals surface area contributed by atoms with Gasteiger partial charge in [-0.25, -0.2) is 0 Å². The van der Waals surface area contributed by atoms with E-state index in [1.165, 1.54) is 0 Å². The smallest absolute Gasteiger partial charge is 0.164 e.